The summed E-state index contributed by atoms with van der Waals surface area (Å²) in [7, 11) is 0. The standard InChI is InChI=1S/C8H11N3O2/c1-6(12)5-11-8(13)7-9-3-2-4-10-7/h2-4,6,12H,5H2,1H3,(H,11,13). The summed E-state index contributed by atoms with van der Waals surface area (Å²) >= 11 is 0. The SMILES string of the molecule is CC(O)CNC(=O)c1ncccn1. The highest BCUT2D eigenvalue weighted by Gasteiger charge is 2.07. The van der Waals surface area contributed by atoms with Gasteiger partial charge in [-0.15, -0.1) is 0 Å². The Morgan fingerprint density at radius 2 is 2.23 bits per heavy atom. The number of hydrogen-bond donors (Lipinski definition) is 2. The summed E-state index contributed by atoms with van der Waals surface area (Å²) in [6, 6.07) is 1.63. The van der Waals surface area contributed by atoms with Gasteiger partial charge in [-0.05, 0) is 13.0 Å². The van der Waals surface area contributed by atoms with E-state index in [0.29, 0.717) is 0 Å². The Balaban J connectivity index is 2.50. The van der Waals surface area contributed by atoms with Crippen LogP contribution in [0.3, 0.4) is 0 Å². The van der Waals surface area contributed by atoms with E-state index in [2.05, 4.69) is 15.3 Å². The van der Waals surface area contributed by atoms with E-state index in [9.17, 15) is 4.79 Å². The van der Waals surface area contributed by atoms with Crippen LogP contribution in [-0.4, -0.2) is 33.6 Å². The molecule has 70 valence electrons. The van der Waals surface area contributed by atoms with E-state index in [4.69, 9.17) is 5.11 Å². The van der Waals surface area contributed by atoms with Crippen molar-refractivity contribution >= 4 is 5.91 Å². The second-order valence-corrected chi connectivity index (χ2v) is 2.63. The molecule has 1 aromatic rings. The van der Waals surface area contributed by atoms with Gasteiger partial charge >= 0.3 is 0 Å². The van der Waals surface area contributed by atoms with E-state index >= 15 is 0 Å². The van der Waals surface area contributed by atoms with Gasteiger partial charge < -0.3 is 10.4 Å². The van der Waals surface area contributed by atoms with Crippen molar-refractivity contribution in [2.75, 3.05) is 6.54 Å². The molecule has 0 bridgehead atoms. The third-order valence-corrected chi connectivity index (χ3v) is 1.33. The number of amides is 1. The maximum absolute atomic E-state index is 11.2. The molecule has 1 atom stereocenters. The number of rotatable bonds is 3. The monoisotopic (exact) mass is 181 g/mol. The first-order chi connectivity index (χ1) is 6.20. The van der Waals surface area contributed by atoms with Crippen LogP contribution in [0.4, 0.5) is 0 Å². The molecule has 0 saturated carbocycles. The molecule has 0 spiro atoms. The lowest BCUT2D eigenvalue weighted by molar-refractivity contribution is 0.0913. The zero-order valence-corrected chi connectivity index (χ0v) is 7.27. The van der Waals surface area contributed by atoms with Gasteiger partial charge in [-0.3, -0.25) is 4.79 Å². The zero-order valence-electron chi connectivity index (χ0n) is 7.27. The molecule has 2 N–H and O–H groups in total. The minimum atomic E-state index is -0.562. The van der Waals surface area contributed by atoms with Crippen molar-refractivity contribution in [1.29, 1.82) is 0 Å². The molecule has 0 aliphatic carbocycles. The van der Waals surface area contributed by atoms with E-state index < -0.39 is 6.10 Å². The van der Waals surface area contributed by atoms with Gasteiger partial charge in [0.05, 0.1) is 6.10 Å². The molecule has 5 heteroatoms. The Morgan fingerprint density at radius 3 is 2.77 bits per heavy atom. The van der Waals surface area contributed by atoms with Crippen LogP contribution in [0.15, 0.2) is 18.5 Å². The molecular weight excluding hydrogens is 170 g/mol. The Bertz CT molecular complexity index is 274. The maximum Gasteiger partial charge on any atom is 0.289 e. The normalized spacial score (nSPS) is 12.2. The van der Waals surface area contributed by atoms with Crippen molar-refractivity contribution in [3.05, 3.63) is 24.3 Å². The molecule has 5 nitrogen and oxygen atoms in total. The van der Waals surface area contributed by atoms with Gasteiger partial charge in [-0.25, -0.2) is 9.97 Å². The smallest absolute Gasteiger partial charge is 0.289 e. The first-order valence-electron chi connectivity index (χ1n) is 3.93. The number of aliphatic hydroxyl groups is 1. The quantitative estimate of drug-likeness (QED) is 0.664. The molecule has 1 unspecified atom stereocenters. The van der Waals surface area contributed by atoms with Crippen molar-refractivity contribution in [1.82, 2.24) is 15.3 Å². The maximum atomic E-state index is 11.2. The van der Waals surface area contributed by atoms with E-state index in [1.807, 2.05) is 0 Å². The highest BCUT2D eigenvalue weighted by atomic mass is 16.3. The van der Waals surface area contributed by atoms with Crippen molar-refractivity contribution in [2.24, 2.45) is 0 Å². The third kappa shape index (κ3) is 3.16. The molecule has 13 heavy (non-hydrogen) atoms. The lowest BCUT2D eigenvalue weighted by atomic mass is 10.4. The van der Waals surface area contributed by atoms with Crippen LogP contribution < -0.4 is 5.32 Å². The van der Waals surface area contributed by atoms with Crippen LogP contribution >= 0.6 is 0 Å². The van der Waals surface area contributed by atoms with Gasteiger partial charge in [0, 0.05) is 18.9 Å². The van der Waals surface area contributed by atoms with Crippen molar-refractivity contribution < 1.29 is 9.90 Å². The molecule has 0 aliphatic heterocycles. The fourth-order valence-electron chi connectivity index (χ4n) is 0.736. The minimum absolute atomic E-state index is 0.114. The molecular formula is C8H11N3O2. The molecule has 1 heterocycles. The van der Waals surface area contributed by atoms with Gasteiger partial charge in [0.25, 0.3) is 5.91 Å². The first kappa shape index (κ1) is 9.60. The summed E-state index contributed by atoms with van der Waals surface area (Å²) in [6.45, 7) is 1.79. The zero-order chi connectivity index (χ0) is 9.68. The minimum Gasteiger partial charge on any atom is -0.392 e. The van der Waals surface area contributed by atoms with Crippen LogP contribution in [-0.2, 0) is 0 Å². The molecule has 0 aromatic carbocycles. The predicted molar refractivity (Wildman–Crippen MR) is 46.0 cm³/mol. The molecule has 1 amide bonds. The summed E-state index contributed by atoms with van der Waals surface area (Å²) in [6.07, 6.45) is 2.42. The van der Waals surface area contributed by atoms with Crippen LogP contribution in [0.1, 0.15) is 17.5 Å². The van der Waals surface area contributed by atoms with E-state index in [-0.39, 0.29) is 18.3 Å². The fraction of sp³-hybridized carbons (Fsp3) is 0.375. The highest BCUT2D eigenvalue weighted by Crippen LogP contribution is 1.87. The Hall–Kier alpha value is -1.49. The van der Waals surface area contributed by atoms with Crippen LogP contribution in [0.2, 0.25) is 0 Å². The molecule has 0 aliphatic rings. The Labute approximate surface area is 75.8 Å². The lowest BCUT2D eigenvalue weighted by Gasteiger charge is -2.04. The second-order valence-electron chi connectivity index (χ2n) is 2.63. The molecule has 0 fully saturated rings. The topological polar surface area (TPSA) is 75.1 Å². The Kier molecular flexibility index (Phi) is 3.33. The average Bonchev–Trinajstić information content (AvgIpc) is 2.15. The number of hydrogen-bond acceptors (Lipinski definition) is 4. The van der Waals surface area contributed by atoms with E-state index in [0.717, 1.165) is 0 Å². The fourth-order valence-corrected chi connectivity index (χ4v) is 0.736. The summed E-state index contributed by atoms with van der Waals surface area (Å²) in [5.41, 5.74) is 0. The molecule has 0 radical (unpaired) electrons. The molecule has 1 aromatic heterocycles. The number of nitrogens with one attached hydrogen (secondary N) is 1. The number of aromatic nitrogens is 2. The van der Waals surface area contributed by atoms with Crippen molar-refractivity contribution in [3.8, 4) is 0 Å². The van der Waals surface area contributed by atoms with Crippen LogP contribution in [0.25, 0.3) is 0 Å². The highest BCUT2D eigenvalue weighted by molar-refractivity contribution is 5.90. The summed E-state index contributed by atoms with van der Waals surface area (Å²) < 4.78 is 0. The predicted octanol–water partition coefficient (Wildman–Crippen LogP) is -0.413. The molecule has 0 saturated heterocycles. The third-order valence-electron chi connectivity index (χ3n) is 1.33. The van der Waals surface area contributed by atoms with Crippen molar-refractivity contribution in [2.45, 2.75) is 13.0 Å². The van der Waals surface area contributed by atoms with Crippen molar-refractivity contribution in [3.63, 3.8) is 0 Å². The number of aliphatic hydroxyl groups excluding tert-OH is 1. The lowest BCUT2D eigenvalue weighted by Crippen LogP contribution is -2.31. The van der Waals surface area contributed by atoms with Gasteiger partial charge in [0.2, 0.25) is 5.82 Å². The van der Waals surface area contributed by atoms with E-state index in [1.165, 1.54) is 12.4 Å². The number of carbonyl (C=O) groups excluding carboxylic acids is 1. The van der Waals surface area contributed by atoms with Crippen LogP contribution in [0, 0.1) is 0 Å². The van der Waals surface area contributed by atoms with Gasteiger partial charge in [-0.2, -0.15) is 0 Å². The molecule has 1 rings (SSSR count). The van der Waals surface area contributed by atoms with Gasteiger partial charge in [0.1, 0.15) is 0 Å². The van der Waals surface area contributed by atoms with Gasteiger partial charge in [0.15, 0.2) is 0 Å². The largest absolute Gasteiger partial charge is 0.392 e. The van der Waals surface area contributed by atoms with Crippen LogP contribution in [0.5, 0.6) is 0 Å². The average molecular weight is 181 g/mol. The Morgan fingerprint density at radius 1 is 1.62 bits per heavy atom. The summed E-state index contributed by atoms with van der Waals surface area (Å²) in [5, 5.41) is 11.4. The summed E-state index contributed by atoms with van der Waals surface area (Å²) in [5.74, 6) is -0.260. The second kappa shape index (κ2) is 4.51. The number of carbonyl (C=O) groups is 1. The number of nitrogens with zero attached hydrogens (tertiary/aromatic N) is 2. The van der Waals surface area contributed by atoms with E-state index in [1.54, 1.807) is 13.0 Å². The van der Waals surface area contributed by atoms with Gasteiger partial charge in [-0.1, -0.05) is 0 Å². The summed E-state index contributed by atoms with van der Waals surface area (Å²) in [4.78, 5) is 18.7. The first-order valence-corrected chi connectivity index (χ1v) is 3.93.